The molecule has 110 valence electrons. The van der Waals surface area contributed by atoms with Crippen LogP contribution in [-0.4, -0.2) is 5.75 Å². The van der Waals surface area contributed by atoms with Crippen LogP contribution in [0.5, 0.6) is 0 Å². The van der Waals surface area contributed by atoms with Crippen molar-refractivity contribution in [3.05, 3.63) is 65.0 Å². The van der Waals surface area contributed by atoms with Crippen LogP contribution in [0.3, 0.4) is 0 Å². The zero-order chi connectivity index (χ0) is 14.8. The molecular formula is C16H14F3NS. The maximum absolute atomic E-state index is 13.6. The smallest absolute Gasteiger partial charge is 0.161 e. The number of hydrogen-bond acceptors (Lipinski definition) is 2. The highest BCUT2D eigenvalue weighted by atomic mass is 32.2. The van der Waals surface area contributed by atoms with Gasteiger partial charge in [0.25, 0.3) is 0 Å². The Morgan fingerprint density at radius 3 is 2.67 bits per heavy atom. The quantitative estimate of drug-likeness (QED) is 0.842. The van der Waals surface area contributed by atoms with Crippen LogP contribution in [0.15, 0.2) is 41.3 Å². The molecule has 1 heterocycles. The molecule has 0 aliphatic carbocycles. The van der Waals surface area contributed by atoms with Gasteiger partial charge in [0.1, 0.15) is 5.82 Å². The van der Waals surface area contributed by atoms with Gasteiger partial charge in [-0.3, -0.25) is 0 Å². The molecule has 0 amide bonds. The number of thioether (sulfide) groups is 1. The molecule has 21 heavy (non-hydrogen) atoms. The van der Waals surface area contributed by atoms with Crippen molar-refractivity contribution in [3.8, 4) is 0 Å². The van der Waals surface area contributed by atoms with Crippen molar-refractivity contribution in [1.82, 2.24) is 5.32 Å². The number of rotatable bonds is 3. The van der Waals surface area contributed by atoms with E-state index in [0.717, 1.165) is 18.2 Å². The number of nitrogens with one attached hydrogen (secondary N) is 1. The van der Waals surface area contributed by atoms with Gasteiger partial charge < -0.3 is 5.32 Å². The molecule has 0 aromatic heterocycles. The monoisotopic (exact) mass is 309 g/mol. The fourth-order valence-corrected chi connectivity index (χ4v) is 3.61. The standard InChI is InChI=1S/C16H14F3NS/c17-12-8-14(19)13(18)7-10(12)9-20-15-5-6-21-16-4-2-1-3-11(15)16/h1-4,7-8,15,20H,5-6,9H2. The van der Waals surface area contributed by atoms with E-state index in [9.17, 15) is 13.2 Å². The van der Waals surface area contributed by atoms with Crippen molar-refractivity contribution in [3.63, 3.8) is 0 Å². The van der Waals surface area contributed by atoms with Gasteiger partial charge in [0.2, 0.25) is 0 Å². The second-order valence-electron chi connectivity index (χ2n) is 4.97. The van der Waals surface area contributed by atoms with Gasteiger partial charge in [-0.15, -0.1) is 11.8 Å². The first-order valence-electron chi connectivity index (χ1n) is 6.73. The topological polar surface area (TPSA) is 12.0 Å². The highest BCUT2D eigenvalue weighted by molar-refractivity contribution is 7.99. The largest absolute Gasteiger partial charge is 0.306 e. The third-order valence-corrected chi connectivity index (χ3v) is 4.71. The molecule has 2 aromatic rings. The van der Waals surface area contributed by atoms with Crippen LogP contribution in [0, 0.1) is 17.5 Å². The van der Waals surface area contributed by atoms with E-state index in [4.69, 9.17) is 0 Å². The maximum atomic E-state index is 13.6. The van der Waals surface area contributed by atoms with Gasteiger partial charge >= 0.3 is 0 Å². The SMILES string of the molecule is Fc1cc(F)c(CNC2CCSc3ccccc32)cc1F. The predicted molar refractivity (Wildman–Crippen MR) is 77.7 cm³/mol. The molecule has 1 nitrogen and oxygen atoms in total. The van der Waals surface area contributed by atoms with Gasteiger partial charge in [-0.1, -0.05) is 18.2 Å². The van der Waals surface area contributed by atoms with Gasteiger partial charge in [0, 0.05) is 29.1 Å². The van der Waals surface area contributed by atoms with Crippen LogP contribution in [0.25, 0.3) is 0 Å². The lowest BCUT2D eigenvalue weighted by molar-refractivity contribution is 0.471. The highest BCUT2D eigenvalue weighted by Crippen LogP contribution is 2.35. The van der Waals surface area contributed by atoms with E-state index >= 15 is 0 Å². The fourth-order valence-electron chi connectivity index (χ4n) is 2.49. The molecule has 0 bridgehead atoms. The van der Waals surface area contributed by atoms with Crippen molar-refractivity contribution in [1.29, 1.82) is 0 Å². The molecule has 1 unspecified atom stereocenters. The summed E-state index contributed by atoms with van der Waals surface area (Å²) < 4.78 is 39.7. The van der Waals surface area contributed by atoms with E-state index in [1.165, 1.54) is 10.5 Å². The number of hydrogen-bond donors (Lipinski definition) is 1. The molecule has 0 saturated carbocycles. The van der Waals surface area contributed by atoms with Crippen molar-refractivity contribution >= 4 is 11.8 Å². The van der Waals surface area contributed by atoms with Gasteiger partial charge in [0.05, 0.1) is 0 Å². The highest BCUT2D eigenvalue weighted by Gasteiger charge is 2.20. The van der Waals surface area contributed by atoms with Crippen LogP contribution < -0.4 is 5.32 Å². The van der Waals surface area contributed by atoms with Crippen LogP contribution in [0.4, 0.5) is 13.2 Å². The predicted octanol–water partition coefficient (Wildman–Crippen LogP) is 4.43. The summed E-state index contributed by atoms with van der Waals surface area (Å²) in [6.07, 6.45) is 0.924. The Hall–Kier alpha value is -1.46. The van der Waals surface area contributed by atoms with E-state index < -0.39 is 17.5 Å². The minimum atomic E-state index is -1.16. The Labute approximate surface area is 125 Å². The first-order valence-corrected chi connectivity index (χ1v) is 7.72. The summed E-state index contributed by atoms with van der Waals surface area (Å²) in [5.41, 5.74) is 1.32. The fraction of sp³-hybridized carbons (Fsp3) is 0.250. The lowest BCUT2D eigenvalue weighted by Gasteiger charge is -2.26. The normalized spacial score (nSPS) is 17.6. The minimum Gasteiger partial charge on any atom is -0.306 e. The average Bonchev–Trinajstić information content (AvgIpc) is 2.49. The molecule has 1 aliphatic rings. The van der Waals surface area contributed by atoms with Crippen molar-refractivity contribution in [2.45, 2.75) is 23.9 Å². The van der Waals surface area contributed by atoms with Crippen LogP contribution in [-0.2, 0) is 6.54 Å². The molecule has 5 heteroatoms. The van der Waals surface area contributed by atoms with Gasteiger partial charge in [-0.05, 0) is 29.9 Å². The van der Waals surface area contributed by atoms with Crippen LogP contribution in [0.1, 0.15) is 23.6 Å². The third-order valence-electron chi connectivity index (χ3n) is 3.59. The maximum Gasteiger partial charge on any atom is 0.161 e. The molecule has 0 spiro atoms. The lowest BCUT2D eigenvalue weighted by atomic mass is 10.0. The summed E-state index contributed by atoms with van der Waals surface area (Å²) >= 11 is 1.80. The van der Waals surface area contributed by atoms with Crippen LogP contribution >= 0.6 is 11.8 Å². The van der Waals surface area contributed by atoms with Crippen molar-refractivity contribution in [2.24, 2.45) is 0 Å². The summed E-state index contributed by atoms with van der Waals surface area (Å²) in [5.74, 6) is -1.92. The summed E-state index contributed by atoms with van der Waals surface area (Å²) in [5, 5.41) is 3.24. The Morgan fingerprint density at radius 1 is 1.05 bits per heavy atom. The zero-order valence-electron chi connectivity index (χ0n) is 11.2. The molecule has 0 radical (unpaired) electrons. The summed E-state index contributed by atoms with van der Waals surface area (Å²) in [4.78, 5) is 1.21. The molecular weight excluding hydrogens is 295 g/mol. The Bertz CT molecular complexity index is 660. The molecule has 3 rings (SSSR count). The van der Waals surface area contributed by atoms with E-state index in [2.05, 4.69) is 11.4 Å². The molecule has 0 saturated heterocycles. The molecule has 1 aliphatic heterocycles. The van der Waals surface area contributed by atoms with E-state index in [0.29, 0.717) is 6.07 Å². The van der Waals surface area contributed by atoms with Crippen molar-refractivity contribution in [2.75, 3.05) is 5.75 Å². The summed E-state index contributed by atoms with van der Waals surface area (Å²) in [6, 6.07) is 9.68. The Kier molecular flexibility index (Phi) is 4.22. The van der Waals surface area contributed by atoms with E-state index in [1.807, 2.05) is 18.2 Å². The second kappa shape index (κ2) is 6.12. The number of halogens is 3. The minimum absolute atomic E-state index is 0.106. The zero-order valence-corrected chi connectivity index (χ0v) is 12.0. The van der Waals surface area contributed by atoms with Gasteiger partial charge in [-0.2, -0.15) is 0 Å². The van der Waals surface area contributed by atoms with E-state index in [-0.39, 0.29) is 18.2 Å². The van der Waals surface area contributed by atoms with Gasteiger partial charge in [-0.25, -0.2) is 13.2 Å². The first kappa shape index (κ1) is 14.5. The second-order valence-corrected chi connectivity index (χ2v) is 6.10. The number of fused-ring (bicyclic) bond motifs is 1. The lowest BCUT2D eigenvalue weighted by Crippen LogP contribution is -2.24. The Morgan fingerprint density at radius 2 is 1.81 bits per heavy atom. The van der Waals surface area contributed by atoms with E-state index in [1.54, 1.807) is 11.8 Å². The third kappa shape index (κ3) is 3.09. The first-order chi connectivity index (χ1) is 10.1. The Balaban J connectivity index is 1.76. The summed E-state index contributed by atoms with van der Waals surface area (Å²) in [6.45, 7) is 0.173. The average molecular weight is 309 g/mol. The molecule has 1 atom stereocenters. The number of benzene rings is 2. The summed E-state index contributed by atoms with van der Waals surface area (Å²) in [7, 11) is 0. The van der Waals surface area contributed by atoms with Crippen LogP contribution in [0.2, 0.25) is 0 Å². The van der Waals surface area contributed by atoms with Gasteiger partial charge in [0.15, 0.2) is 11.6 Å². The van der Waals surface area contributed by atoms with Crippen molar-refractivity contribution < 1.29 is 13.2 Å². The molecule has 2 aromatic carbocycles. The molecule has 1 N–H and O–H groups in total. The molecule has 0 fully saturated rings.